The molecule has 1 heterocycles. The fraction of sp³-hybridized carbons (Fsp3) is 0.743. The van der Waals surface area contributed by atoms with E-state index < -0.39 is 82.5 Å². The molecule has 0 radical (unpaired) electrons. The topological polar surface area (TPSA) is 192 Å². The molecule has 0 spiro atoms. The van der Waals surface area contributed by atoms with E-state index in [2.05, 4.69) is 37.9 Å². The summed E-state index contributed by atoms with van der Waals surface area (Å²) in [6, 6.07) is -5.27. The van der Waals surface area contributed by atoms with Gasteiger partial charge in [0.25, 0.3) is 5.91 Å². The molecule has 2 aliphatic carbocycles. The van der Waals surface area contributed by atoms with Crippen LogP contribution in [0.4, 0.5) is 4.79 Å². The van der Waals surface area contributed by atoms with Crippen LogP contribution >= 0.6 is 0 Å². The smallest absolute Gasteiger partial charge is 0.407 e. The molecule has 0 bridgehead atoms. The highest BCUT2D eigenvalue weighted by Gasteiger charge is 2.54. The Labute approximate surface area is 289 Å². The van der Waals surface area contributed by atoms with Crippen LogP contribution in [0.15, 0.2) is 12.2 Å². The molecule has 0 aromatic heterocycles. The van der Waals surface area contributed by atoms with Crippen LogP contribution in [0, 0.1) is 22.7 Å². The van der Waals surface area contributed by atoms with Gasteiger partial charge in [-0.15, -0.1) is 0 Å². The zero-order chi connectivity index (χ0) is 37.0. The number of carbonyl (C=O) groups excluding carboxylic acids is 7. The van der Waals surface area contributed by atoms with Crippen LogP contribution in [0.25, 0.3) is 0 Å². The molecule has 14 heteroatoms. The third-order valence-electron chi connectivity index (χ3n) is 9.55. The Morgan fingerprint density at radius 3 is 2.00 bits per heavy atom. The lowest BCUT2D eigenvalue weighted by Crippen LogP contribution is -2.63. The van der Waals surface area contributed by atoms with Crippen molar-refractivity contribution >= 4 is 41.4 Å². The zero-order valence-corrected chi connectivity index (χ0v) is 30.5. The van der Waals surface area contributed by atoms with E-state index in [1.165, 1.54) is 18.9 Å². The maximum atomic E-state index is 14.5. The maximum absolute atomic E-state index is 14.5. The van der Waals surface area contributed by atoms with Gasteiger partial charge in [0, 0.05) is 18.5 Å². The SMILES string of the molecule is C=C1CC[C@H]2CN(C(=O)[C@@H](NC(=O)[C@@H](NC(=O)[C@H](C)NC(=O)OC)C(C)(C)C)C(C)(C)C)C(C(=O)N[C@@H](CCC)C(=O)C(=O)NC3CC3)[C@@H]12. The summed E-state index contributed by atoms with van der Waals surface area (Å²) >= 11 is 0. The van der Waals surface area contributed by atoms with E-state index in [1.807, 2.05) is 6.92 Å². The number of hydrogen-bond donors (Lipinski definition) is 5. The summed E-state index contributed by atoms with van der Waals surface area (Å²) < 4.78 is 4.57. The predicted molar refractivity (Wildman–Crippen MR) is 182 cm³/mol. The molecule has 6 amide bonds. The van der Waals surface area contributed by atoms with Gasteiger partial charge in [-0.25, -0.2) is 4.79 Å². The molecule has 7 atom stereocenters. The molecule has 0 aromatic carbocycles. The lowest BCUT2D eigenvalue weighted by Gasteiger charge is -2.39. The predicted octanol–water partition coefficient (Wildman–Crippen LogP) is 1.72. The number of hydrogen-bond acceptors (Lipinski definition) is 8. The van der Waals surface area contributed by atoms with E-state index in [0.29, 0.717) is 12.8 Å². The Balaban J connectivity index is 1.88. The van der Waals surface area contributed by atoms with E-state index in [4.69, 9.17) is 0 Å². The number of likely N-dealkylation sites (tertiary alicyclic amines) is 1. The van der Waals surface area contributed by atoms with Gasteiger partial charge >= 0.3 is 6.09 Å². The number of nitrogens with zero attached hydrogens (tertiary/aromatic N) is 1. The van der Waals surface area contributed by atoms with Crippen LogP contribution in [0.2, 0.25) is 0 Å². The van der Waals surface area contributed by atoms with Gasteiger partial charge in [0.15, 0.2) is 0 Å². The molecule has 1 aliphatic heterocycles. The Bertz CT molecular complexity index is 1330. The number of Topliss-reactive ketones (excluding diaryl/α,β-unsaturated/α-hetero) is 1. The normalized spacial score (nSPS) is 22.9. The quantitative estimate of drug-likeness (QED) is 0.143. The number of amides is 6. The first-order valence-corrected chi connectivity index (χ1v) is 17.3. The summed E-state index contributed by atoms with van der Waals surface area (Å²) in [6.07, 6.45) is 3.07. The summed E-state index contributed by atoms with van der Waals surface area (Å²) in [5.74, 6) is -4.08. The van der Waals surface area contributed by atoms with Crippen molar-refractivity contribution in [3.63, 3.8) is 0 Å². The molecule has 274 valence electrons. The number of nitrogens with one attached hydrogen (secondary N) is 5. The van der Waals surface area contributed by atoms with Crippen molar-refractivity contribution in [1.29, 1.82) is 0 Å². The fourth-order valence-corrected chi connectivity index (χ4v) is 6.57. The monoisotopic (exact) mass is 688 g/mol. The summed E-state index contributed by atoms with van der Waals surface area (Å²) in [7, 11) is 1.17. The number of ether oxygens (including phenoxy) is 1. The molecular weight excluding hydrogens is 632 g/mol. The van der Waals surface area contributed by atoms with Gasteiger partial charge in [0.2, 0.25) is 29.4 Å². The summed E-state index contributed by atoms with van der Waals surface area (Å²) in [5, 5.41) is 13.4. The molecule has 3 fully saturated rings. The van der Waals surface area contributed by atoms with Gasteiger partial charge < -0.3 is 36.2 Å². The van der Waals surface area contributed by atoms with Crippen LogP contribution in [0.3, 0.4) is 0 Å². The second-order valence-corrected chi connectivity index (χ2v) is 15.9. The highest BCUT2D eigenvalue weighted by Crippen LogP contribution is 2.45. The zero-order valence-electron chi connectivity index (χ0n) is 30.5. The Morgan fingerprint density at radius 1 is 0.878 bits per heavy atom. The highest BCUT2D eigenvalue weighted by molar-refractivity contribution is 6.38. The second kappa shape index (κ2) is 15.7. The van der Waals surface area contributed by atoms with Gasteiger partial charge in [-0.05, 0) is 55.8 Å². The molecule has 14 nitrogen and oxygen atoms in total. The van der Waals surface area contributed by atoms with E-state index in [9.17, 15) is 33.6 Å². The number of fused-ring (bicyclic) bond motifs is 1. The van der Waals surface area contributed by atoms with Crippen LogP contribution in [-0.2, 0) is 33.5 Å². The first-order chi connectivity index (χ1) is 22.7. The summed E-state index contributed by atoms with van der Waals surface area (Å²) in [5.41, 5.74) is -0.781. The minimum absolute atomic E-state index is 0.0179. The minimum atomic E-state index is -1.10. The van der Waals surface area contributed by atoms with E-state index in [0.717, 1.165) is 24.8 Å². The molecular formula is C35H56N6O8. The van der Waals surface area contributed by atoms with Gasteiger partial charge in [-0.2, -0.15) is 0 Å². The van der Waals surface area contributed by atoms with Gasteiger partial charge in [-0.3, -0.25) is 28.8 Å². The van der Waals surface area contributed by atoms with Gasteiger partial charge in [-0.1, -0.05) is 67.0 Å². The number of carbonyl (C=O) groups is 7. The van der Waals surface area contributed by atoms with Gasteiger partial charge in [0.1, 0.15) is 24.2 Å². The molecule has 0 aromatic rings. The lowest BCUT2D eigenvalue weighted by molar-refractivity contribution is -0.146. The van der Waals surface area contributed by atoms with Crippen molar-refractivity contribution in [2.75, 3.05) is 13.7 Å². The number of rotatable bonds is 13. The minimum Gasteiger partial charge on any atom is -0.453 e. The first kappa shape index (κ1) is 39.5. The van der Waals surface area contributed by atoms with Gasteiger partial charge in [0.05, 0.1) is 13.2 Å². The fourth-order valence-electron chi connectivity index (χ4n) is 6.57. The second-order valence-electron chi connectivity index (χ2n) is 15.9. The average molecular weight is 689 g/mol. The largest absolute Gasteiger partial charge is 0.453 e. The Morgan fingerprint density at radius 2 is 1.47 bits per heavy atom. The summed E-state index contributed by atoms with van der Waals surface area (Å²) in [6.45, 7) is 18.4. The van der Waals surface area contributed by atoms with E-state index in [1.54, 1.807) is 41.5 Å². The van der Waals surface area contributed by atoms with Crippen molar-refractivity contribution in [3.8, 4) is 0 Å². The maximum Gasteiger partial charge on any atom is 0.407 e. The summed E-state index contributed by atoms with van der Waals surface area (Å²) in [4.78, 5) is 94.4. The van der Waals surface area contributed by atoms with Crippen LogP contribution in [-0.4, -0.2) is 96.2 Å². The molecule has 2 saturated carbocycles. The molecule has 1 saturated heterocycles. The van der Waals surface area contributed by atoms with Crippen LogP contribution in [0.5, 0.6) is 0 Å². The molecule has 5 N–H and O–H groups in total. The standard InChI is InChI=1S/C35H56N6O8/c1-11-12-22(25(42)30(45)37-21-15-16-21)38-29(44)24-23-18(2)13-14-20(23)17-41(24)32(47)27(35(7,8)9)40-31(46)26(34(4,5)6)39-28(43)19(3)36-33(48)49-10/h19-24,26-27H,2,11-17H2,1,3-10H3,(H,36,48)(H,37,45)(H,38,44)(H,39,43)(H,40,46)/t19-,20-,22-,23-,24?,26+,27+/m0/s1. The average Bonchev–Trinajstić information content (AvgIpc) is 3.63. The molecule has 49 heavy (non-hydrogen) atoms. The van der Waals surface area contributed by atoms with Crippen molar-refractivity contribution in [3.05, 3.63) is 12.2 Å². The van der Waals surface area contributed by atoms with Crippen LogP contribution < -0.4 is 26.6 Å². The molecule has 1 unspecified atom stereocenters. The number of alkyl carbamates (subject to hydrolysis) is 1. The molecule has 3 rings (SSSR count). The third-order valence-corrected chi connectivity index (χ3v) is 9.55. The van der Waals surface area contributed by atoms with Crippen molar-refractivity contribution in [2.45, 2.75) is 130 Å². The molecule has 3 aliphatic rings. The third kappa shape index (κ3) is 9.81. The Hall–Kier alpha value is -3.97. The first-order valence-electron chi connectivity index (χ1n) is 17.3. The highest BCUT2D eigenvalue weighted by atomic mass is 16.5. The Kier molecular flexibility index (Phi) is 12.7. The van der Waals surface area contributed by atoms with Crippen molar-refractivity contribution < 1.29 is 38.3 Å². The van der Waals surface area contributed by atoms with E-state index >= 15 is 0 Å². The van der Waals surface area contributed by atoms with Crippen molar-refractivity contribution in [2.24, 2.45) is 22.7 Å². The van der Waals surface area contributed by atoms with Crippen molar-refractivity contribution in [1.82, 2.24) is 31.5 Å². The lowest BCUT2D eigenvalue weighted by atomic mass is 9.82. The van der Waals surface area contributed by atoms with Crippen LogP contribution in [0.1, 0.15) is 93.9 Å². The number of methoxy groups -OCH3 is 1. The van der Waals surface area contributed by atoms with E-state index in [-0.39, 0.29) is 30.8 Å². The number of ketones is 1.